The molecule has 0 aromatic heterocycles. The van der Waals surface area contributed by atoms with Crippen molar-refractivity contribution in [3.63, 3.8) is 0 Å². The van der Waals surface area contributed by atoms with Crippen LogP contribution in [0.3, 0.4) is 0 Å². The first-order chi connectivity index (χ1) is 8.97. The zero-order valence-electron chi connectivity index (χ0n) is 10.1. The Balaban J connectivity index is 2.30. The second-order valence-corrected chi connectivity index (χ2v) is 4.55. The molecule has 4 nitrogen and oxygen atoms in total. The largest absolute Gasteiger partial charge is 0.508 e. The van der Waals surface area contributed by atoms with Gasteiger partial charge in [-0.1, -0.05) is 17.7 Å². The van der Waals surface area contributed by atoms with E-state index < -0.39 is 5.91 Å². The van der Waals surface area contributed by atoms with Crippen LogP contribution in [0.2, 0.25) is 5.02 Å². The number of hydrogen-bond donors (Lipinski definition) is 3. The third kappa shape index (κ3) is 2.98. The fourth-order valence-electron chi connectivity index (χ4n) is 1.62. The highest BCUT2D eigenvalue weighted by Crippen LogP contribution is 2.25. The molecule has 3 N–H and O–H groups in total. The number of anilines is 1. The van der Waals surface area contributed by atoms with E-state index in [2.05, 4.69) is 5.32 Å². The van der Waals surface area contributed by atoms with Crippen molar-refractivity contribution in [1.29, 1.82) is 0 Å². The van der Waals surface area contributed by atoms with Crippen molar-refractivity contribution in [3.8, 4) is 11.5 Å². The Hall–Kier alpha value is -2.20. The lowest BCUT2D eigenvalue weighted by atomic mass is 10.1. The highest BCUT2D eigenvalue weighted by atomic mass is 35.5. The van der Waals surface area contributed by atoms with Crippen molar-refractivity contribution in [1.82, 2.24) is 0 Å². The Kier molecular flexibility index (Phi) is 3.62. The number of nitrogens with one attached hydrogen (secondary N) is 1. The van der Waals surface area contributed by atoms with E-state index in [1.54, 1.807) is 18.2 Å². The van der Waals surface area contributed by atoms with Crippen LogP contribution in [0, 0.1) is 6.92 Å². The standard InChI is InChI=1S/C14H12ClNO3/c1-8-2-3-9(15)6-12(8)16-14(19)11-7-10(17)4-5-13(11)18/h2-7,17-18H,1H3,(H,16,19). The molecule has 0 saturated heterocycles. The third-order valence-electron chi connectivity index (χ3n) is 2.67. The van der Waals surface area contributed by atoms with Gasteiger partial charge in [-0.05, 0) is 42.8 Å². The maximum Gasteiger partial charge on any atom is 0.259 e. The molecule has 98 valence electrons. The van der Waals surface area contributed by atoms with Gasteiger partial charge in [0.15, 0.2) is 0 Å². The summed E-state index contributed by atoms with van der Waals surface area (Å²) in [6.45, 7) is 1.83. The van der Waals surface area contributed by atoms with Gasteiger partial charge < -0.3 is 15.5 Å². The Morgan fingerprint density at radius 3 is 2.63 bits per heavy atom. The number of benzene rings is 2. The average molecular weight is 278 g/mol. The molecule has 2 aromatic carbocycles. The molecule has 0 spiro atoms. The Morgan fingerprint density at radius 1 is 1.16 bits per heavy atom. The number of phenols is 2. The number of phenolic OH excluding ortho intramolecular Hbond substituents is 2. The lowest BCUT2D eigenvalue weighted by molar-refractivity contribution is 0.102. The van der Waals surface area contributed by atoms with E-state index in [0.717, 1.165) is 5.56 Å². The molecule has 1 amide bonds. The van der Waals surface area contributed by atoms with Gasteiger partial charge in [-0.25, -0.2) is 0 Å². The van der Waals surface area contributed by atoms with Gasteiger partial charge in [-0.2, -0.15) is 0 Å². The number of amides is 1. The quantitative estimate of drug-likeness (QED) is 0.738. The van der Waals surface area contributed by atoms with Crippen LogP contribution in [-0.4, -0.2) is 16.1 Å². The maximum absolute atomic E-state index is 12.0. The molecule has 0 aliphatic carbocycles. The van der Waals surface area contributed by atoms with Crippen molar-refractivity contribution in [2.24, 2.45) is 0 Å². The molecular weight excluding hydrogens is 266 g/mol. The molecule has 2 aromatic rings. The van der Waals surface area contributed by atoms with Crippen molar-refractivity contribution in [2.45, 2.75) is 6.92 Å². The number of rotatable bonds is 2. The minimum atomic E-state index is -0.515. The van der Waals surface area contributed by atoms with Crippen LogP contribution in [0.5, 0.6) is 11.5 Å². The summed E-state index contributed by atoms with van der Waals surface area (Å²) in [5.74, 6) is -0.806. The Labute approximate surface area is 115 Å². The van der Waals surface area contributed by atoms with E-state index in [-0.39, 0.29) is 17.1 Å². The molecule has 0 heterocycles. The Bertz CT molecular complexity index is 641. The molecule has 0 aliphatic rings. The van der Waals surface area contributed by atoms with Gasteiger partial charge >= 0.3 is 0 Å². The normalized spacial score (nSPS) is 10.2. The fourth-order valence-corrected chi connectivity index (χ4v) is 1.80. The van der Waals surface area contributed by atoms with Gasteiger partial charge in [0.05, 0.1) is 5.56 Å². The van der Waals surface area contributed by atoms with Crippen LogP contribution in [0.4, 0.5) is 5.69 Å². The van der Waals surface area contributed by atoms with Gasteiger partial charge in [-0.3, -0.25) is 4.79 Å². The monoisotopic (exact) mass is 277 g/mol. The minimum Gasteiger partial charge on any atom is -0.508 e. The summed E-state index contributed by atoms with van der Waals surface area (Å²) in [6.07, 6.45) is 0. The summed E-state index contributed by atoms with van der Waals surface area (Å²) >= 11 is 5.86. The van der Waals surface area contributed by atoms with E-state index in [4.69, 9.17) is 11.6 Å². The number of halogens is 1. The van der Waals surface area contributed by atoms with Crippen LogP contribution in [0.15, 0.2) is 36.4 Å². The van der Waals surface area contributed by atoms with Crippen molar-refractivity contribution < 1.29 is 15.0 Å². The Morgan fingerprint density at radius 2 is 1.89 bits per heavy atom. The first kappa shape index (κ1) is 13.2. The number of hydrogen-bond acceptors (Lipinski definition) is 3. The molecule has 0 bridgehead atoms. The van der Waals surface area contributed by atoms with Crippen molar-refractivity contribution >= 4 is 23.2 Å². The number of aromatic hydroxyl groups is 2. The molecule has 5 heteroatoms. The van der Waals surface area contributed by atoms with E-state index >= 15 is 0 Å². The summed E-state index contributed by atoms with van der Waals surface area (Å²) in [4.78, 5) is 12.0. The molecule has 19 heavy (non-hydrogen) atoms. The van der Waals surface area contributed by atoms with Gasteiger partial charge in [0.25, 0.3) is 5.91 Å². The summed E-state index contributed by atoms with van der Waals surface area (Å²) in [6, 6.07) is 8.88. The average Bonchev–Trinajstić information content (AvgIpc) is 2.36. The van der Waals surface area contributed by atoms with Crippen molar-refractivity contribution in [2.75, 3.05) is 5.32 Å². The summed E-state index contributed by atoms with van der Waals surface area (Å²) in [5.41, 5.74) is 1.40. The van der Waals surface area contributed by atoms with E-state index in [1.165, 1.54) is 18.2 Å². The maximum atomic E-state index is 12.0. The highest BCUT2D eigenvalue weighted by molar-refractivity contribution is 6.31. The SMILES string of the molecule is Cc1ccc(Cl)cc1NC(=O)c1cc(O)ccc1O. The van der Waals surface area contributed by atoms with Gasteiger partial charge in [0.2, 0.25) is 0 Å². The second-order valence-electron chi connectivity index (χ2n) is 4.11. The highest BCUT2D eigenvalue weighted by Gasteiger charge is 2.13. The van der Waals surface area contributed by atoms with Gasteiger partial charge in [-0.15, -0.1) is 0 Å². The lowest BCUT2D eigenvalue weighted by Crippen LogP contribution is -2.12. The van der Waals surface area contributed by atoms with Crippen LogP contribution in [0.1, 0.15) is 15.9 Å². The summed E-state index contributed by atoms with van der Waals surface area (Å²) in [7, 11) is 0. The molecule has 0 saturated carbocycles. The molecule has 0 radical (unpaired) electrons. The van der Waals surface area contributed by atoms with Crippen LogP contribution in [-0.2, 0) is 0 Å². The van der Waals surface area contributed by atoms with Crippen LogP contribution >= 0.6 is 11.6 Å². The van der Waals surface area contributed by atoms with Crippen LogP contribution < -0.4 is 5.32 Å². The van der Waals surface area contributed by atoms with E-state index in [9.17, 15) is 15.0 Å². The van der Waals surface area contributed by atoms with E-state index in [1.807, 2.05) is 6.92 Å². The smallest absolute Gasteiger partial charge is 0.259 e. The first-order valence-electron chi connectivity index (χ1n) is 5.57. The number of aryl methyl sites for hydroxylation is 1. The second kappa shape index (κ2) is 5.20. The number of carbonyl (C=O) groups is 1. The molecule has 0 unspecified atom stereocenters. The first-order valence-corrected chi connectivity index (χ1v) is 5.94. The minimum absolute atomic E-state index is 0.000578. The molecule has 2 rings (SSSR count). The zero-order chi connectivity index (χ0) is 14.0. The van der Waals surface area contributed by atoms with Crippen LogP contribution in [0.25, 0.3) is 0 Å². The third-order valence-corrected chi connectivity index (χ3v) is 2.91. The predicted molar refractivity (Wildman–Crippen MR) is 73.9 cm³/mol. The zero-order valence-corrected chi connectivity index (χ0v) is 10.9. The number of carbonyl (C=O) groups excluding carboxylic acids is 1. The lowest BCUT2D eigenvalue weighted by Gasteiger charge is -2.10. The molecular formula is C14H12ClNO3. The van der Waals surface area contributed by atoms with E-state index in [0.29, 0.717) is 10.7 Å². The van der Waals surface area contributed by atoms with Gasteiger partial charge in [0.1, 0.15) is 11.5 Å². The fraction of sp³-hybridized carbons (Fsp3) is 0.0714. The van der Waals surface area contributed by atoms with Gasteiger partial charge in [0, 0.05) is 10.7 Å². The summed E-state index contributed by atoms with van der Waals surface area (Å²) in [5, 5.41) is 22.1. The predicted octanol–water partition coefficient (Wildman–Crippen LogP) is 3.31. The molecule has 0 fully saturated rings. The summed E-state index contributed by atoms with van der Waals surface area (Å²) < 4.78 is 0. The van der Waals surface area contributed by atoms with Crippen molar-refractivity contribution in [3.05, 3.63) is 52.5 Å². The topological polar surface area (TPSA) is 69.6 Å². The molecule has 0 atom stereocenters. The molecule has 0 aliphatic heterocycles.